The van der Waals surface area contributed by atoms with Crippen LogP contribution in [0.15, 0.2) is 78.9 Å². The van der Waals surface area contributed by atoms with E-state index < -0.39 is 28.5 Å². The zero-order valence-electron chi connectivity index (χ0n) is 26.0. The average Bonchev–Trinajstić information content (AvgIpc) is 3.46. The molecule has 1 aliphatic rings. The summed E-state index contributed by atoms with van der Waals surface area (Å²) in [7, 11) is -3.81. The zero-order valence-corrected chi connectivity index (χ0v) is 26.9. The van der Waals surface area contributed by atoms with Crippen molar-refractivity contribution in [2.75, 3.05) is 17.1 Å². The van der Waals surface area contributed by atoms with Crippen LogP contribution in [0.25, 0.3) is 0 Å². The predicted octanol–water partition coefficient (Wildman–Crippen LogP) is 5.76. The molecule has 1 fully saturated rings. The highest BCUT2D eigenvalue weighted by atomic mass is 32.2. The minimum Gasteiger partial charge on any atom is -0.352 e. The van der Waals surface area contributed by atoms with Crippen LogP contribution in [-0.4, -0.2) is 50.0 Å². The van der Waals surface area contributed by atoms with Gasteiger partial charge < -0.3 is 10.2 Å². The number of aryl methyl sites for hydroxylation is 1. The molecule has 0 bridgehead atoms. The van der Waals surface area contributed by atoms with Crippen molar-refractivity contribution in [2.45, 2.75) is 83.8 Å². The highest BCUT2D eigenvalue weighted by Crippen LogP contribution is 2.27. The molecule has 230 valence electrons. The largest absolute Gasteiger partial charge is 0.352 e. The fourth-order valence-corrected chi connectivity index (χ4v) is 6.52. The van der Waals surface area contributed by atoms with Crippen LogP contribution in [-0.2, 0) is 38.0 Å². The van der Waals surface area contributed by atoms with Crippen molar-refractivity contribution in [3.63, 3.8) is 0 Å². The van der Waals surface area contributed by atoms with E-state index in [1.54, 1.807) is 17.0 Å². The van der Waals surface area contributed by atoms with Gasteiger partial charge in [0.2, 0.25) is 21.8 Å². The monoisotopic (exact) mass is 603 g/mol. The normalized spacial score (nSPS) is 14.7. The molecule has 0 spiro atoms. The third-order valence-corrected chi connectivity index (χ3v) is 9.25. The second kappa shape index (κ2) is 13.8. The van der Waals surface area contributed by atoms with Crippen molar-refractivity contribution >= 4 is 27.5 Å². The summed E-state index contributed by atoms with van der Waals surface area (Å²) in [5.74, 6) is -0.647. The van der Waals surface area contributed by atoms with Crippen LogP contribution in [0.2, 0.25) is 0 Å². The van der Waals surface area contributed by atoms with Crippen LogP contribution in [0.4, 0.5) is 5.69 Å². The van der Waals surface area contributed by atoms with Gasteiger partial charge in [0.15, 0.2) is 0 Å². The number of carbonyl (C=O) groups excluding carboxylic acids is 2. The first-order valence-electron chi connectivity index (χ1n) is 15.1. The first kappa shape index (κ1) is 32.3. The van der Waals surface area contributed by atoms with Crippen LogP contribution in [0.3, 0.4) is 0 Å². The van der Waals surface area contributed by atoms with E-state index in [1.807, 2.05) is 73.7 Å². The van der Waals surface area contributed by atoms with Gasteiger partial charge in [-0.1, -0.05) is 106 Å². The standard InChI is InChI=1S/C35H45N3O4S/c1-26-12-11-15-28(22-26)24-37(32(23-27-13-7-6-8-14-27)34(40)36-30-16-9-10-17-30)33(39)25-38(43(5,41)42)31-20-18-29(19-21-31)35(2,3)4/h6-8,11-15,18-22,30,32H,9-10,16-17,23-25H2,1-5H3,(H,36,40). The van der Waals surface area contributed by atoms with Gasteiger partial charge in [-0.05, 0) is 54.0 Å². The molecule has 3 aromatic carbocycles. The molecule has 4 rings (SSSR count). The molecule has 8 heteroatoms. The topological polar surface area (TPSA) is 86.8 Å². The van der Waals surface area contributed by atoms with Crippen LogP contribution in [0, 0.1) is 6.92 Å². The second-order valence-electron chi connectivity index (χ2n) is 12.8. The highest BCUT2D eigenvalue weighted by Gasteiger charge is 2.34. The smallest absolute Gasteiger partial charge is 0.244 e. The Labute approximate surface area is 257 Å². The third-order valence-electron chi connectivity index (χ3n) is 8.11. The fourth-order valence-electron chi connectivity index (χ4n) is 5.67. The maximum absolute atomic E-state index is 14.3. The van der Waals surface area contributed by atoms with E-state index in [-0.39, 0.29) is 23.9 Å². The number of hydrogen-bond donors (Lipinski definition) is 1. The Morgan fingerprint density at radius 2 is 1.53 bits per heavy atom. The lowest BCUT2D eigenvalue weighted by molar-refractivity contribution is -0.140. The van der Waals surface area contributed by atoms with Gasteiger partial charge in [-0.25, -0.2) is 8.42 Å². The number of anilines is 1. The maximum Gasteiger partial charge on any atom is 0.244 e. The summed E-state index contributed by atoms with van der Waals surface area (Å²) in [6.45, 7) is 8.01. The Kier molecular flexibility index (Phi) is 10.3. The molecular formula is C35H45N3O4S. The molecule has 1 saturated carbocycles. The van der Waals surface area contributed by atoms with Crippen LogP contribution < -0.4 is 9.62 Å². The lowest BCUT2D eigenvalue weighted by Crippen LogP contribution is -2.54. The molecule has 3 aromatic rings. The molecule has 1 atom stereocenters. The van der Waals surface area contributed by atoms with E-state index in [2.05, 4.69) is 26.1 Å². The summed E-state index contributed by atoms with van der Waals surface area (Å²) in [6.07, 6.45) is 5.40. The number of amides is 2. The molecule has 43 heavy (non-hydrogen) atoms. The summed E-state index contributed by atoms with van der Waals surface area (Å²) in [6, 6.07) is 24.0. The van der Waals surface area contributed by atoms with Gasteiger partial charge in [0.25, 0.3) is 0 Å². The van der Waals surface area contributed by atoms with E-state index >= 15 is 0 Å². The van der Waals surface area contributed by atoms with E-state index in [9.17, 15) is 18.0 Å². The van der Waals surface area contributed by atoms with Gasteiger partial charge in [-0.2, -0.15) is 0 Å². The van der Waals surface area contributed by atoms with Crippen LogP contribution >= 0.6 is 0 Å². The van der Waals surface area contributed by atoms with Crippen molar-refractivity contribution in [3.05, 3.63) is 101 Å². The zero-order chi connectivity index (χ0) is 31.2. The second-order valence-corrected chi connectivity index (χ2v) is 14.7. The molecule has 0 radical (unpaired) electrons. The Balaban J connectivity index is 1.72. The van der Waals surface area contributed by atoms with Crippen molar-refractivity contribution < 1.29 is 18.0 Å². The Bertz CT molecular complexity index is 1490. The molecule has 0 heterocycles. The summed E-state index contributed by atoms with van der Waals surface area (Å²) >= 11 is 0. The van der Waals surface area contributed by atoms with Crippen molar-refractivity contribution in [2.24, 2.45) is 0 Å². The average molecular weight is 604 g/mol. The van der Waals surface area contributed by atoms with Gasteiger partial charge in [0.1, 0.15) is 12.6 Å². The lowest BCUT2D eigenvalue weighted by atomic mass is 9.87. The van der Waals surface area contributed by atoms with Crippen molar-refractivity contribution in [1.29, 1.82) is 0 Å². The summed E-state index contributed by atoms with van der Waals surface area (Å²) < 4.78 is 27.3. The summed E-state index contributed by atoms with van der Waals surface area (Å²) in [5, 5.41) is 3.20. The molecule has 0 saturated heterocycles. The van der Waals surface area contributed by atoms with Gasteiger partial charge in [0, 0.05) is 19.0 Å². The molecule has 1 aliphatic carbocycles. The van der Waals surface area contributed by atoms with Gasteiger partial charge >= 0.3 is 0 Å². The number of carbonyl (C=O) groups is 2. The van der Waals surface area contributed by atoms with Crippen molar-refractivity contribution in [1.82, 2.24) is 10.2 Å². The van der Waals surface area contributed by atoms with Gasteiger partial charge in [-0.15, -0.1) is 0 Å². The molecule has 1 N–H and O–H groups in total. The number of benzene rings is 3. The maximum atomic E-state index is 14.3. The summed E-state index contributed by atoms with van der Waals surface area (Å²) in [4.78, 5) is 29.8. The Morgan fingerprint density at radius 3 is 2.12 bits per heavy atom. The SMILES string of the molecule is Cc1cccc(CN(C(=O)CN(c2ccc(C(C)(C)C)cc2)S(C)(=O)=O)C(Cc2ccccc2)C(=O)NC2CCCC2)c1. The number of sulfonamides is 1. The van der Waals surface area contributed by atoms with E-state index in [4.69, 9.17) is 0 Å². The number of nitrogens with zero attached hydrogens (tertiary/aromatic N) is 2. The van der Waals surface area contributed by atoms with E-state index in [1.165, 1.54) is 0 Å². The van der Waals surface area contributed by atoms with E-state index in [0.29, 0.717) is 12.1 Å². The molecule has 0 aliphatic heterocycles. The van der Waals surface area contributed by atoms with Gasteiger partial charge in [0.05, 0.1) is 11.9 Å². The Hall–Kier alpha value is -3.65. The fraction of sp³-hybridized carbons (Fsp3) is 0.429. The molecule has 2 amide bonds. The molecular weight excluding hydrogens is 558 g/mol. The quantitative estimate of drug-likeness (QED) is 0.302. The van der Waals surface area contributed by atoms with Crippen LogP contribution in [0.5, 0.6) is 0 Å². The summed E-state index contributed by atoms with van der Waals surface area (Å²) in [5.41, 5.74) is 4.20. The first-order valence-corrected chi connectivity index (χ1v) is 16.9. The predicted molar refractivity (Wildman–Crippen MR) is 173 cm³/mol. The minimum absolute atomic E-state index is 0.0792. The van der Waals surface area contributed by atoms with Crippen molar-refractivity contribution in [3.8, 4) is 0 Å². The third kappa shape index (κ3) is 8.92. The number of nitrogens with one attached hydrogen (secondary N) is 1. The highest BCUT2D eigenvalue weighted by molar-refractivity contribution is 7.92. The molecule has 1 unspecified atom stereocenters. The first-order chi connectivity index (χ1) is 20.3. The number of rotatable bonds is 11. The van der Waals surface area contributed by atoms with Crippen LogP contribution in [0.1, 0.15) is 68.7 Å². The van der Waals surface area contributed by atoms with E-state index in [0.717, 1.165) is 58.5 Å². The minimum atomic E-state index is -3.81. The van der Waals surface area contributed by atoms with Gasteiger partial charge in [-0.3, -0.25) is 13.9 Å². The Morgan fingerprint density at radius 1 is 0.907 bits per heavy atom. The lowest BCUT2D eigenvalue weighted by Gasteiger charge is -2.34. The molecule has 7 nitrogen and oxygen atoms in total. The number of hydrogen-bond acceptors (Lipinski definition) is 4. The molecule has 0 aromatic heterocycles.